The zero-order chi connectivity index (χ0) is 9.35. The van der Waals surface area contributed by atoms with Gasteiger partial charge in [-0.3, -0.25) is 0 Å². The first kappa shape index (κ1) is 8.82. The number of nitrogens with two attached hydrogens (primary N) is 1. The summed E-state index contributed by atoms with van der Waals surface area (Å²) in [7, 11) is 0. The van der Waals surface area contributed by atoms with Crippen molar-refractivity contribution in [2.45, 2.75) is 12.3 Å². The van der Waals surface area contributed by atoms with Crippen LogP contribution in [0.25, 0.3) is 0 Å². The van der Waals surface area contributed by atoms with Crippen LogP contribution in [0.15, 0.2) is 10.7 Å². The Labute approximate surface area is 64.1 Å². The fourth-order valence-electron chi connectivity index (χ4n) is 0.597. The molecule has 0 aliphatic heterocycles. The average Bonchev–Trinajstić information content (AvgIpc) is 2.31. The highest BCUT2D eigenvalue weighted by atomic mass is 19.4. The van der Waals surface area contributed by atoms with Crippen LogP contribution in [0.1, 0.15) is 11.9 Å². The molecule has 2 N–H and O–H groups in total. The molecule has 1 unspecified atom stereocenters. The summed E-state index contributed by atoms with van der Waals surface area (Å²) < 4.78 is 51.4. The van der Waals surface area contributed by atoms with E-state index in [-0.39, 0.29) is 0 Å². The van der Waals surface area contributed by atoms with Gasteiger partial charge in [-0.05, 0) is 0 Å². The SMILES string of the molecule is Nc1cnoc1C(F)C(F)(F)F. The second-order valence-electron chi connectivity index (χ2n) is 2.05. The molecule has 0 radical (unpaired) electrons. The Kier molecular flexibility index (Phi) is 1.95. The van der Waals surface area contributed by atoms with Gasteiger partial charge in [-0.15, -0.1) is 0 Å². The van der Waals surface area contributed by atoms with E-state index in [0.29, 0.717) is 0 Å². The molecule has 7 heteroatoms. The zero-order valence-electron chi connectivity index (χ0n) is 5.60. The molecule has 1 atom stereocenters. The van der Waals surface area contributed by atoms with E-state index in [0.717, 1.165) is 6.20 Å². The normalized spacial score (nSPS) is 14.7. The molecule has 3 nitrogen and oxygen atoms in total. The molecule has 0 aliphatic carbocycles. The Morgan fingerprint density at radius 2 is 2.08 bits per heavy atom. The Morgan fingerprint density at radius 3 is 2.42 bits per heavy atom. The van der Waals surface area contributed by atoms with Crippen LogP contribution in [-0.4, -0.2) is 11.3 Å². The first-order valence-corrected chi connectivity index (χ1v) is 2.83. The highest BCUT2D eigenvalue weighted by molar-refractivity contribution is 5.39. The van der Waals surface area contributed by atoms with Crippen molar-refractivity contribution in [3.63, 3.8) is 0 Å². The van der Waals surface area contributed by atoms with Crippen LogP contribution in [0.2, 0.25) is 0 Å². The molecule has 0 amide bonds. The molecule has 1 heterocycles. The zero-order valence-corrected chi connectivity index (χ0v) is 5.60. The maximum absolute atomic E-state index is 12.4. The molecule has 0 aromatic carbocycles. The fraction of sp³-hybridized carbons (Fsp3) is 0.400. The lowest BCUT2D eigenvalue weighted by molar-refractivity contribution is -0.187. The van der Waals surface area contributed by atoms with Crippen molar-refractivity contribution >= 4 is 5.69 Å². The molecule has 1 rings (SSSR count). The second-order valence-corrected chi connectivity index (χ2v) is 2.05. The van der Waals surface area contributed by atoms with Gasteiger partial charge in [0, 0.05) is 0 Å². The quantitative estimate of drug-likeness (QED) is 0.677. The van der Waals surface area contributed by atoms with E-state index in [2.05, 4.69) is 9.68 Å². The number of rotatable bonds is 1. The van der Waals surface area contributed by atoms with Crippen LogP contribution in [0.3, 0.4) is 0 Å². The van der Waals surface area contributed by atoms with Crippen molar-refractivity contribution in [2.75, 3.05) is 5.73 Å². The number of nitrogens with zero attached hydrogens (tertiary/aromatic N) is 1. The van der Waals surface area contributed by atoms with Crippen molar-refractivity contribution in [2.24, 2.45) is 0 Å². The van der Waals surface area contributed by atoms with E-state index in [1.807, 2.05) is 0 Å². The molecule has 0 spiro atoms. The Hall–Kier alpha value is -1.27. The Morgan fingerprint density at radius 1 is 1.50 bits per heavy atom. The number of hydrogen-bond donors (Lipinski definition) is 1. The third-order valence-electron chi connectivity index (χ3n) is 1.14. The summed E-state index contributed by atoms with van der Waals surface area (Å²) >= 11 is 0. The van der Waals surface area contributed by atoms with Crippen LogP contribution < -0.4 is 5.73 Å². The lowest BCUT2D eigenvalue weighted by Gasteiger charge is -2.08. The lowest BCUT2D eigenvalue weighted by Crippen LogP contribution is -2.16. The third kappa shape index (κ3) is 1.49. The molecule has 68 valence electrons. The second kappa shape index (κ2) is 2.65. The molecule has 1 aromatic rings. The van der Waals surface area contributed by atoms with E-state index in [4.69, 9.17) is 5.73 Å². The minimum atomic E-state index is -5.01. The van der Waals surface area contributed by atoms with Gasteiger partial charge in [-0.2, -0.15) is 13.2 Å². The maximum Gasteiger partial charge on any atom is 0.427 e. The lowest BCUT2D eigenvalue weighted by atomic mass is 10.2. The molecule has 0 saturated heterocycles. The predicted molar refractivity (Wildman–Crippen MR) is 30.8 cm³/mol. The topological polar surface area (TPSA) is 52.0 Å². The molecule has 1 aromatic heterocycles. The minimum Gasteiger partial charge on any atom is -0.394 e. The number of anilines is 1. The Bertz CT molecular complexity index is 269. The van der Waals surface area contributed by atoms with Gasteiger partial charge in [0.1, 0.15) is 0 Å². The van der Waals surface area contributed by atoms with Gasteiger partial charge >= 0.3 is 6.18 Å². The van der Waals surface area contributed by atoms with E-state index in [1.54, 1.807) is 0 Å². The van der Waals surface area contributed by atoms with Crippen molar-refractivity contribution in [1.29, 1.82) is 0 Å². The Balaban J connectivity index is 2.92. The van der Waals surface area contributed by atoms with Crippen LogP contribution in [0.4, 0.5) is 23.2 Å². The first-order chi connectivity index (χ1) is 5.43. The molecular formula is C5H4F4N2O. The number of alkyl halides is 4. The van der Waals surface area contributed by atoms with Gasteiger partial charge < -0.3 is 10.3 Å². The maximum atomic E-state index is 12.4. The van der Waals surface area contributed by atoms with Gasteiger partial charge in [0.25, 0.3) is 6.17 Å². The van der Waals surface area contributed by atoms with E-state index >= 15 is 0 Å². The van der Waals surface area contributed by atoms with Gasteiger partial charge in [0.15, 0.2) is 0 Å². The summed E-state index contributed by atoms with van der Waals surface area (Å²) in [5, 5.41) is 2.92. The van der Waals surface area contributed by atoms with Gasteiger partial charge in [0.2, 0.25) is 5.76 Å². The third-order valence-corrected chi connectivity index (χ3v) is 1.14. The number of nitrogen functional groups attached to an aromatic ring is 1. The monoisotopic (exact) mass is 184 g/mol. The number of aromatic nitrogens is 1. The molecule has 0 fully saturated rings. The van der Waals surface area contributed by atoms with Crippen LogP contribution >= 0.6 is 0 Å². The molecule has 12 heavy (non-hydrogen) atoms. The highest BCUT2D eigenvalue weighted by Gasteiger charge is 2.45. The van der Waals surface area contributed by atoms with Gasteiger partial charge in [-0.25, -0.2) is 4.39 Å². The van der Waals surface area contributed by atoms with E-state index in [9.17, 15) is 17.6 Å². The average molecular weight is 184 g/mol. The summed E-state index contributed by atoms with van der Waals surface area (Å²) in [5.41, 5.74) is 4.50. The summed E-state index contributed by atoms with van der Waals surface area (Å²) in [6, 6.07) is 0. The van der Waals surface area contributed by atoms with E-state index < -0.39 is 23.8 Å². The van der Waals surface area contributed by atoms with E-state index in [1.165, 1.54) is 0 Å². The van der Waals surface area contributed by atoms with Crippen LogP contribution in [0.5, 0.6) is 0 Å². The summed E-state index contributed by atoms with van der Waals surface area (Å²) in [6.07, 6.45) is -7.40. The van der Waals surface area contributed by atoms with Crippen LogP contribution in [-0.2, 0) is 0 Å². The van der Waals surface area contributed by atoms with Crippen molar-refractivity contribution in [1.82, 2.24) is 5.16 Å². The highest BCUT2D eigenvalue weighted by Crippen LogP contribution is 2.37. The standard InChI is InChI=1S/C5H4F4N2O/c6-4(5(7,8)9)3-2(10)1-11-12-3/h1,4H,10H2. The van der Waals surface area contributed by atoms with Crippen molar-refractivity contribution in [3.05, 3.63) is 12.0 Å². The number of hydrogen-bond acceptors (Lipinski definition) is 3. The predicted octanol–water partition coefficient (Wildman–Crippen LogP) is 1.83. The summed E-state index contributed by atoms with van der Waals surface area (Å²) in [5.74, 6) is -0.998. The molecule has 0 aliphatic rings. The van der Waals surface area contributed by atoms with Crippen molar-refractivity contribution < 1.29 is 22.1 Å². The number of halogens is 4. The largest absolute Gasteiger partial charge is 0.427 e. The summed E-state index contributed by atoms with van der Waals surface area (Å²) in [6.45, 7) is 0. The van der Waals surface area contributed by atoms with Crippen LogP contribution in [0, 0.1) is 0 Å². The molecule has 0 bridgehead atoms. The van der Waals surface area contributed by atoms with Crippen molar-refractivity contribution in [3.8, 4) is 0 Å². The van der Waals surface area contributed by atoms with Gasteiger partial charge in [-0.1, -0.05) is 5.16 Å². The fourth-order valence-corrected chi connectivity index (χ4v) is 0.597. The summed E-state index contributed by atoms with van der Waals surface area (Å²) in [4.78, 5) is 0. The first-order valence-electron chi connectivity index (χ1n) is 2.83. The minimum absolute atomic E-state index is 0.445. The smallest absolute Gasteiger partial charge is 0.394 e. The molecule has 0 saturated carbocycles. The molecular weight excluding hydrogens is 180 g/mol. The van der Waals surface area contributed by atoms with Gasteiger partial charge in [0.05, 0.1) is 11.9 Å².